The Labute approximate surface area is 150 Å². The third-order valence-corrected chi connectivity index (χ3v) is 4.21. The Balaban J connectivity index is 1.99. The Bertz CT molecular complexity index is 701. The molecule has 0 saturated heterocycles. The first-order valence-corrected chi connectivity index (χ1v) is 8.21. The second-order valence-corrected chi connectivity index (χ2v) is 5.89. The smallest absolute Gasteiger partial charge is 0.251 e. The van der Waals surface area contributed by atoms with Crippen LogP contribution in [0.5, 0.6) is 17.2 Å². The summed E-state index contributed by atoms with van der Waals surface area (Å²) in [6, 6.07) is 10.8. The molecule has 1 N–H and O–H groups in total. The quantitative estimate of drug-likeness (QED) is 0.782. The Morgan fingerprint density at radius 1 is 1.00 bits per heavy atom. The van der Waals surface area contributed by atoms with Crippen molar-refractivity contribution in [2.75, 3.05) is 27.9 Å². The van der Waals surface area contributed by atoms with Gasteiger partial charge in [-0.15, -0.1) is 0 Å². The summed E-state index contributed by atoms with van der Waals surface area (Å²) in [4.78, 5) is 12.2. The first-order valence-electron chi connectivity index (χ1n) is 7.41. The lowest BCUT2D eigenvalue weighted by Crippen LogP contribution is -2.25. The fraction of sp³-hybridized carbons (Fsp3) is 0.278. The van der Waals surface area contributed by atoms with Crippen molar-refractivity contribution < 1.29 is 19.0 Å². The van der Waals surface area contributed by atoms with E-state index in [4.69, 9.17) is 14.2 Å². The van der Waals surface area contributed by atoms with Crippen molar-refractivity contribution in [3.05, 3.63) is 52.0 Å². The van der Waals surface area contributed by atoms with Crippen LogP contribution in [0.4, 0.5) is 0 Å². The minimum Gasteiger partial charge on any atom is -0.497 e. The summed E-state index contributed by atoms with van der Waals surface area (Å²) in [5.41, 5.74) is 1.56. The predicted octanol–water partition coefficient (Wildman–Crippen LogP) is 3.45. The van der Waals surface area contributed by atoms with Gasteiger partial charge in [-0.05, 0) is 64.3 Å². The van der Waals surface area contributed by atoms with Gasteiger partial charge in [0.15, 0.2) is 0 Å². The molecule has 1 amide bonds. The topological polar surface area (TPSA) is 56.8 Å². The molecule has 0 spiro atoms. The van der Waals surface area contributed by atoms with Crippen molar-refractivity contribution in [2.24, 2.45) is 0 Å². The number of benzene rings is 2. The minimum absolute atomic E-state index is 0.124. The predicted molar refractivity (Wildman–Crippen MR) is 96.3 cm³/mol. The minimum atomic E-state index is -0.124. The normalized spacial score (nSPS) is 10.2. The Morgan fingerprint density at radius 2 is 1.67 bits per heavy atom. The van der Waals surface area contributed by atoms with E-state index in [0.717, 1.165) is 27.3 Å². The van der Waals surface area contributed by atoms with Crippen LogP contribution in [0.1, 0.15) is 15.9 Å². The third kappa shape index (κ3) is 4.41. The summed E-state index contributed by atoms with van der Waals surface area (Å²) in [7, 11) is 4.82. The van der Waals surface area contributed by atoms with Gasteiger partial charge in [0.2, 0.25) is 0 Å². The van der Waals surface area contributed by atoms with E-state index in [1.165, 1.54) is 0 Å². The molecule has 0 radical (unpaired) electrons. The zero-order valence-corrected chi connectivity index (χ0v) is 15.5. The molecule has 0 heterocycles. The van der Waals surface area contributed by atoms with Gasteiger partial charge in [0.25, 0.3) is 5.91 Å². The van der Waals surface area contributed by atoms with Crippen molar-refractivity contribution in [1.82, 2.24) is 5.32 Å². The van der Waals surface area contributed by atoms with Gasteiger partial charge >= 0.3 is 0 Å². The van der Waals surface area contributed by atoms with Crippen LogP contribution in [-0.2, 0) is 6.42 Å². The number of methoxy groups -OCH3 is 3. The first-order chi connectivity index (χ1) is 11.6. The van der Waals surface area contributed by atoms with Crippen LogP contribution in [0, 0.1) is 0 Å². The molecule has 5 nitrogen and oxygen atoms in total. The fourth-order valence-electron chi connectivity index (χ4n) is 2.27. The summed E-state index contributed by atoms with van der Waals surface area (Å²) in [5, 5.41) is 2.90. The van der Waals surface area contributed by atoms with Crippen molar-refractivity contribution in [3.63, 3.8) is 0 Å². The highest BCUT2D eigenvalue weighted by atomic mass is 79.9. The average molecular weight is 394 g/mol. The van der Waals surface area contributed by atoms with Gasteiger partial charge in [-0.1, -0.05) is 0 Å². The monoisotopic (exact) mass is 393 g/mol. The molecule has 0 atom stereocenters. The van der Waals surface area contributed by atoms with Gasteiger partial charge in [0, 0.05) is 12.1 Å². The number of hydrogen-bond acceptors (Lipinski definition) is 4. The summed E-state index contributed by atoms with van der Waals surface area (Å²) in [6.45, 7) is 0.492. The van der Waals surface area contributed by atoms with Crippen molar-refractivity contribution in [2.45, 2.75) is 6.42 Å². The molecule has 2 aromatic rings. The number of carbonyl (C=O) groups excluding carboxylic acids is 1. The van der Waals surface area contributed by atoms with Gasteiger partial charge in [-0.2, -0.15) is 0 Å². The second kappa shape index (κ2) is 8.59. The van der Waals surface area contributed by atoms with Crippen molar-refractivity contribution in [3.8, 4) is 17.2 Å². The maximum atomic E-state index is 12.2. The fourth-order valence-corrected chi connectivity index (χ4v) is 2.76. The summed E-state index contributed by atoms with van der Waals surface area (Å²) < 4.78 is 16.6. The molecule has 0 aliphatic rings. The zero-order chi connectivity index (χ0) is 17.5. The highest BCUT2D eigenvalue weighted by molar-refractivity contribution is 9.10. The van der Waals surface area contributed by atoms with Crippen LogP contribution in [0.2, 0.25) is 0 Å². The lowest BCUT2D eigenvalue weighted by atomic mass is 10.1. The van der Waals surface area contributed by atoms with Crippen LogP contribution in [0.15, 0.2) is 40.9 Å². The van der Waals surface area contributed by atoms with E-state index in [9.17, 15) is 4.79 Å². The molecule has 2 aromatic carbocycles. The lowest BCUT2D eigenvalue weighted by Gasteiger charge is -2.13. The van der Waals surface area contributed by atoms with E-state index in [-0.39, 0.29) is 5.91 Å². The maximum Gasteiger partial charge on any atom is 0.251 e. The molecule has 0 bridgehead atoms. The molecule has 128 valence electrons. The molecule has 0 unspecified atom stereocenters. The molecule has 2 rings (SSSR count). The van der Waals surface area contributed by atoms with Gasteiger partial charge in [0.1, 0.15) is 17.2 Å². The van der Waals surface area contributed by atoms with Crippen molar-refractivity contribution >= 4 is 21.8 Å². The highest BCUT2D eigenvalue weighted by Gasteiger charge is 2.11. The SMILES string of the molecule is COc1ccc(C(=O)NCCc2cc(OC)c(Br)cc2OC)cc1. The van der Waals surface area contributed by atoms with Gasteiger partial charge in [0.05, 0.1) is 25.8 Å². The van der Waals surface area contributed by atoms with E-state index in [2.05, 4.69) is 21.2 Å². The number of carbonyl (C=O) groups is 1. The molecule has 0 aliphatic carbocycles. The van der Waals surface area contributed by atoms with E-state index >= 15 is 0 Å². The van der Waals surface area contributed by atoms with Gasteiger partial charge < -0.3 is 19.5 Å². The Morgan fingerprint density at radius 3 is 2.25 bits per heavy atom. The van der Waals surface area contributed by atoms with Crippen LogP contribution >= 0.6 is 15.9 Å². The van der Waals surface area contributed by atoms with E-state index in [1.807, 2.05) is 12.1 Å². The van der Waals surface area contributed by atoms with E-state index in [1.54, 1.807) is 45.6 Å². The zero-order valence-electron chi connectivity index (χ0n) is 13.9. The van der Waals surface area contributed by atoms with Crippen LogP contribution in [0.25, 0.3) is 0 Å². The molecule has 0 aliphatic heterocycles. The van der Waals surface area contributed by atoms with Crippen LogP contribution in [0.3, 0.4) is 0 Å². The highest BCUT2D eigenvalue weighted by Crippen LogP contribution is 2.32. The first kappa shape index (κ1) is 18.1. The number of amides is 1. The molecule has 0 saturated carbocycles. The molecule has 24 heavy (non-hydrogen) atoms. The number of hydrogen-bond donors (Lipinski definition) is 1. The van der Waals surface area contributed by atoms with Crippen LogP contribution in [-0.4, -0.2) is 33.8 Å². The maximum absolute atomic E-state index is 12.2. The standard InChI is InChI=1S/C18H20BrNO4/c1-22-14-6-4-12(5-7-14)18(21)20-9-8-13-10-17(24-3)15(19)11-16(13)23-2/h4-7,10-11H,8-9H2,1-3H3,(H,20,21). The summed E-state index contributed by atoms with van der Waals surface area (Å²) in [6.07, 6.45) is 0.634. The van der Waals surface area contributed by atoms with Gasteiger partial charge in [-0.3, -0.25) is 4.79 Å². The lowest BCUT2D eigenvalue weighted by molar-refractivity contribution is 0.0954. The number of ether oxygens (including phenoxy) is 3. The van der Waals surface area contributed by atoms with E-state index < -0.39 is 0 Å². The van der Waals surface area contributed by atoms with Gasteiger partial charge in [-0.25, -0.2) is 0 Å². The molecular formula is C18H20BrNO4. The Hall–Kier alpha value is -2.21. The van der Waals surface area contributed by atoms with Crippen LogP contribution < -0.4 is 19.5 Å². The summed E-state index contributed by atoms with van der Waals surface area (Å²) >= 11 is 3.43. The largest absolute Gasteiger partial charge is 0.497 e. The third-order valence-electron chi connectivity index (χ3n) is 3.59. The molecular weight excluding hydrogens is 374 g/mol. The summed E-state index contributed by atoms with van der Waals surface area (Å²) in [5.74, 6) is 2.08. The number of halogens is 1. The van der Waals surface area contributed by atoms with Crippen molar-refractivity contribution in [1.29, 1.82) is 0 Å². The number of nitrogens with one attached hydrogen (secondary N) is 1. The molecule has 6 heteroatoms. The van der Waals surface area contributed by atoms with E-state index in [0.29, 0.717) is 18.5 Å². The Kier molecular flexibility index (Phi) is 6.49. The second-order valence-electron chi connectivity index (χ2n) is 5.03. The molecule has 0 fully saturated rings. The number of rotatable bonds is 7. The molecule has 0 aromatic heterocycles. The average Bonchev–Trinajstić information content (AvgIpc) is 2.62.